The van der Waals surface area contributed by atoms with Gasteiger partial charge in [-0.1, -0.05) is 17.7 Å². The number of nitrogens with zero attached hydrogens (tertiary/aromatic N) is 2. The molecule has 5 nitrogen and oxygen atoms in total. The van der Waals surface area contributed by atoms with E-state index in [1.807, 2.05) is 20.8 Å². The van der Waals surface area contributed by atoms with E-state index in [-0.39, 0.29) is 11.0 Å². The van der Waals surface area contributed by atoms with Gasteiger partial charge in [-0.05, 0) is 43.5 Å². The van der Waals surface area contributed by atoms with Crippen molar-refractivity contribution in [2.24, 2.45) is 0 Å². The van der Waals surface area contributed by atoms with E-state index in [0.29, 0.717) is 5.82 Å². The molecule has 2 rings (SSSR count). The van der Waals surface area contributed by atoms with Crippen molar-refractivity contribution in [1.29, 1.82) is 0 Å². The number of methoxy groups -OCH3 is 1. The number of esters is 1. The van der Waals surface area contributed by atoms with Gasteiger partial charge in [0.05, 0.1) is 7.11 Å². The van der Waals surface area contributed by atoms with Crippen molar-refractivity contribution in [3.63, 3.8) is 0 Å². The third kappa shape index (κ3) is 3.49. The lowest BCUT2D eigenvalue weighted by Gasteiger charge is -2.13. The van der Waals surface area contributed by atoms with Gasteiger partial charge < -0.3 is 10.1 Å². The molecule has 110 valence electrons. The van der Waals surface area contributed by atoms with Crippen LogP contribution in [-0.4, -0.2) is 23.0 Å². The first-order valence-electron chi connectivity index (χ1n) is 6.38. The lowest BCUT2D eigenvalue weighted by Crippen LogP contribution is -2.07. The number of hydrogen-bond acceptors (Lipinski definition) is 5. The summed E-state index contributed by atoms with van der Waals surface area (Å²) in [5.74, 6) is -0.106. The van der Waals surface area contributed by atoms with E-state index in [2.05, 4.69) is 32.2 Å². The predicted molar refractivity (Wildman–Crippen MR) is 82.3 cm³/mol. The summed E-state index contributed by atoms with van der Waals surface area (Å²) in [5.41, 5.74) is 4.41. The zero-order valence-corrected chi connectivity index (χ0v) is 13.1. The van der Waals surface area contributed by atoms with Gasteiger partial charge in [-0.25, -0.2) is 14.8 Å². The molecule has 0 amide bonds. The average Bonchev–Trinajstić information content (AvgIpc) is 2.41. The molecule has 0 radical (unpaired) electrons. The smallest absolute Gasteiger partial charge is 0.356 e. The highest BCUT2D eigenvalue weighted by atomic mass is 35.5. The van der Waals surface area contributed by atoms with Crippen LogP contribution in [0.25, 0.3) is 0 Å². The highest BCUT2D eigenvalue weighted by Crippen LogP contribution is 2.25. The quantitative estimate of drug-likeness (QED) is 0.693. The lowest BCUT2D eigenvalue weighted by molar-refractivity contribution is 0.0594. The summed E-state index contributed by atoms with van der Waals surface area (Å²) in [5, 5.41) is 3.17. The molecule has 1 aromatic carbocycles. The normalized spacial score (nSPS) is 10.3. The van der Waals surface area contributed by atoms with Crippen LogP contribution < -0.4 is 5.32 Å². The summed E-state index contributed by atoms with van der Waals surface area (Å²) < 4.78 is 4.64. The number of benzene rings is 1. The van der Waals surface area contributed by atoms with E-state index in [0.717, 1.165) is 16.8 Å². The maximum absolute atomic E-state index is 11.5. The molecular weight excluding hydrogens is 290 g/mol. The van der Waals surface area contributed by atoms with Crippen molar-refractivity contribution in [2.75, 3.05) is 12.4 Å². The van der Waals surface area contributed by atoms with Crippen LogP contribution in [0, 0.1) is 20.8 Å². The van der Waals surface area contributed by atoms with Crippen LogP contribution in [0.4, 0.5) is 11.5 Å². The fourth-order valence-corrected chi connectivity index (χ4v) is 2.38. The summed E-state index contributed by atoms with van der Waals surface area (Å²) in [4.78, 5) is 19.5. The number of hydrogen-bond donors (Lipinski definition) is 1. The molecule has 6 heteroatoms. The summed E-state index contributed by atoms with van der Waals surface area (Å²) in [6, 6.07) is 5.65. The van der Waals surface area contributed by atoms with Gasteiger partial charge in [0, 0.05) is 11.8 Å². The number of ether oxygens (including phenoxy) is 1. The van der Waals surface area contributed by atoms with Crippen LogP contribution in [0.3, 0.4) is 0 Å². The molecule has 0 atom stereocenters. The molecule has 0 saturated heterocycles. The standard InChI is InChI=1S/C15H16ClN3O2/c1-8-5-9(2)13(10(3)6-8)18-12-7-11(14(20)21-4)17-15(16)19-12/h5-7H,1-4H3,(H,17,18,19). The molecule has 0 bridgehead atoms. The van der Waals surface area contributed by atoms with Gasteiger partial charge in [-0.2, -0.15) is 0 Å². The predicted octanol–water partition coefficient (Wildman–Crippen LogP) is 3.59. The van der Waals surface area contributed by atoms with Gasteiger partial charge in [-0.3, -0.25) is 0 Å². The number of nitrogens with one attached hydrogen (secondary N) is 1. The third-order valence-electron chi connectivity index (χ3n) is 3.02. The largest absolute Gasteiger partial charge is 0.464 e. The molecule has 0 unspecified atom stereocenters. The van der Waals surface area contributed by atoms with Crippen LogP contribution in [-0.2, 0) is 4.74 Å². The Hall–Kier alpha value is -2.14. The Kier molecular flexibility index (Phi) is 4.43. The van der Waals surface area contributed by atoms with Crippen LogP contribution >= 0.6 is 11.6 Å². The molecule has 0 aliphatic carbocycles. The van der Waals surface area contributed by atoms with E-state index >= 15 is 0 Å². The number of aryl methyl sites for hydroxylation is 3. The van der Waals surface area contributed by atoms with Gasteiger partial charge in [-0.15, -0.1) is 0 Å². The summed E-state index contributed by atoms with van der Waals surface area (Å²) in [6.07, 6.45) is 0. The summed E-state index contributed by atoms with van der Waals surface area (Å²) in [7, 11) is 1.29. The molecule has 0 fully saturated rings. The minimum absolute atomic E-state index is 0.0113. The van der Waals surface area contributed by atoms with Gasteiger partial charge in [0.2, 0.25) is 5.28 Å². The SMILES string of the molecule is COC(=O)c1cc(Nc2c(C)cc(C)cc2C)nc(Cl)n1. The van der Waals surface area contributed by atoms with Crippen molar-refractivity contribution < 1.29 is 9.53 Å². The Bertz CT molecular complexity index is 678. The topological polar surface area (TPSA) is 64.1 Å². The van der Waals surface area contributed by atoms with Gasteiger partial charge in [0.1, 0.15) is 5.82 Å². The molecule has 0 aliphatic rings. The molecule has 0 aliphatic heterocycles. The Balaban J connectivity index is 2.40. The Morgan fingerprint density at radius 2 is 1.76 bits per heavy atom. The fourth-order valence-electron chi connectivity index (χ4n) is 2.20. The van der Waals surface area contributed by atoms with Crippen molar-refractivity contribution in [3.8, 4) is 0 Å². The number of carbonyl (C=O) groups is 1. The average molecular weight is 306 g/mol. The highest BCUT2D eigenvalue weighted by Gasteiger charge is 2.12. The fraction of sp³-hybridized carbons (Fsp3) is 0.267. The molecule has 0 saturated carbocycles. The van der Waals surface area contributed by atoms with E-state index in [1.54, 1.807) is 0 Å². The zero-order valence-electron chi connectivity index (χ0n) is 12.3. The highest BCUT2D eigenvalue weighted by molar-refractivity contribution is 6.28. The van der Waals surface area contributed by atoms with Gasteiger partial charge in [0.15, 0.2) is 5.69 Å². The van der Waals surface area contributed by atoms with E-state index < -0.39 is 5.97 Å². The van der Waals surface area contributed by atoms with E-state index in [1.165, 1.54) is 18.7 Å². The molecule has 1 aromatic heterocycles. The molecule has 1 heterocycles. The Morgan fingerprint density at radius 1 is 1.14 bits per heavy atom. The third-order valence-corrected chi connectivity index (χ3v) is 3.19. The van der Waals surface area contributed by atoms with Crippen LogP contribution in [0.15, 0.2) is 18.2 Å². The second-order valence-electron chi connectivity index (χ2n) is 4.80. The minimum atomic E-state index is -0.556. The minimum Gasteiger partial charge on any atom is -0.464 e. The number of anilines is 2. The zero-order chi connectivity index (χ0) is 15.6. The lowest BCUT2D eigenvalue weighted by atomic mass is 10.1. The van der Waals surface area contributed by atoms with Crippen molar-refractivity contribution >= 4 is 29.1 Å². The monoisotopic (exact) mass is 305 g/mol. The second-order valence-corrected chi connectivity index (χ2v) is 5.14. The number of halogens is 1. The number of rotatable bonds is 3. The van der Waals surface area contributed by atoms with Crippen LogP contribution in [0.1, 0.15) is 27.2 Å². The number of aromatic nitrogens is 2. The van der Waals surface area contributed by atoms with Gasteiger partial charge in [0.25, 0.3) is 0 Å². The maximum atomic E-state index is 11.5. The first-order chi connectivity index (χ1) is 9.90. The van der Waals surface area contributed by atoms with Crippen LogP contribution in [0.5, 0.6) is 0 Å². The second kappa shape index (κ2) is 6.10. The van der Waals surface area contributed by atoms with Crippen molar-refractivity contribution in [2.45, 2.75) is 20.8 Å². The Labute approximate surface area is 128 Å². The van der Waals surface area contributed by atoms with Crippen molar-refractivity contribution in [1.82, 2.24) is 9.97 Å². The molecule has 2 aromatic rings. The van der Waals surface area contributed by atoms with E-state index in [9.17, 15) is 4.79 Å². The van der Waals surface area contributed by atoms with E-state index in [4.69, 9.17) is 11.6 Å². The first kappa shape index (κ1) is 15.3. The molecular formula is C15H16ClN3O2. The van der Waals surface area contributed by atoms with Crippen LogP contribution in [0.2, 0.25) is 5.28 Å². The number of carbonyl (C=O) groups excluding carboxylic acids is 1. The van der Waals surface area contributed by atoms with Gasteiger partial charge >= 0.3 is 5.97 Å². The molecule has 1 N–H and O–H groups in total. The first-order valence-corrected chi connectivity index (χ1v) is 6.76. The Morgan fingerprint density at radius 3 is 2.33 bits per heavy atom. The molecule has 21 heavy (non-hydrogen) atoms. The summed E-state index contributed by atoms with van der Waals surface area (Å²) >= 11 is 5.85. The maximum Gasteiger partial charge on any atom is 0.356 e. The molecule has 0 spiro atoms. The van der Waals surface area contributed by atoms with Crippen molar-refractivity contribution in [3.05, 3.63) is 45.9 Å². The summed E-state index contributed by atoms with van der Waals surface area (Å²) in [6.45, 7) is 6.05.